The van der Waals surface area contributed by atoms with Crippen LogP contribution >= 0.6 is 23.4 Å². The maximum absolute atomic E-state index is 11.6. The van der Waals surface area contributed by atoms with Gasteiger partial charge < -0.3 is 4.90 Å². The van der Waals surface area contributed by atoms with Gasteiger partial charge in [-0.25, -0.2) is 0 Å². The lowest BCUT2D eigenvalue weighted by Gasteiger charge is -2.10. The van der Waals surface area contributed by atoms with Crippen LogP contribution in [0.5, 0.6) is 0 Å². The van der Waals surface area contributed by atoms with E-state index in [0.29, 0.717) is 15.9 Å². The molecule has 1 aromatic carbocycles. The van der Waals surface area contributed by atoms with Crippen molar-refractivity contribution in [3.8, 4) is 5.69 Å². The molecule has 0 unspecified atom stereocenters. The van der Waals surface area contributed by atoms with Crippen LogP contribution in [0.2, 0.25) is 5.02 Å². The third-order valence-electron chi connectivity index (χ3n) is 2.43. The molecule has 2 rings (SSSR count). The molecule has 0 aliphatic heterocycles. The zero-order valence-corrected chi connectivity index (χ0v) is 12.1. The molecule has 0 saturated carbocycles. The molecule has 0 aliphatic carbocycles. The summed E-state index contributed by atoms with van der Waals surface area (Å²) in [5, 5.41) is 9.20. The Morgan fingerprint density at radius 2 is 2.26 bits per heavy atom. The Morgan fingerprint density at radius 1 is 1.47 bits per heavy atom. The van der Waals surface area contributed by atoms with Gasteiger partial charge >= 0.3 is 0 Å². The highest BCUT2D eigenvalue weighted by molar-refractivity contribution is 7.99. The van der Waals surface area contributed by atoms with Crippen molar-refractivity contribution in [2.24, 2.45) is 0 Å². The van der Waals surface area contributed by atoms with Gasteiger partial charge in [-0.05, 0) is 18.2 Å². The summed E-state index contributed by atoms with van der Waals surface area (Å²) >= 11 is 7.31. The molecule has 100 valence electrons. The lowest BCUT2D eigenvalue weighted by atomic mass is 10.3. The summed E-state index contributed by atoms with van der Waals surface area (Å²) in [7, 11) is 3.45. The van der Waals surface area contributed by atoms with E-state index in [0.717, 1.165) is 5.69 Å². The molecular weight excluding hydrogens is 284 g/mol. The molecule has 0 saturated heterocycles. The molecule has 0 N–H and O–H groups in total. The standard InChI is InChI=1S/C12H13ClN4OS/c1-16(2)11(18)7-19-12-15-14-8-17(12)10-5-3-4-9(13)6-10/h3-6,8H,7H2,1-2H3. The van der Waals surface area contributed by atoms with Crippen molar-refractivity contribution >= 4 is 29.3 Å². The minimum absolute atomic E-state index is 0.0330. The van der Waals surface area contributed by atoms with Gasteiger partial charge in [0.15, 0.2) is 5.16 Å². The minimum atomic E-state index is 0.0330. The Balaban J connectivity index is 2.16. The second kappa shape index (κ2) is 6.08. The predicted octanol–water partition coefficient (Wildman–Crippen LogP) is 2.10. The van der Waals surface area contributed by atoms with Crippen LogP contribution in [-0.4, -0.2) is 45.4 Å². The molecule has 7 heteroatoms. The molecular formula is C12H13ClN4OS. The fourth-order valence-electron chi connectivity index (χ4n) is 1.38. The highest BCUT2D eigenvalue weighted by atomic mass is 35.5. The topological polar surface area (TPSA) is 51.0 Å². The van der Waals surface area contributed by atoms with Gasteiger partial charge in [0.1, 0.15) is 6.33 Å². The van der Waals surface area contributed by atoms with E-state index in [1.54, 1.807) is 36.0 Å². The van der Waals surface area contributed by atoms with Crippen LogP contribution in [0, 0.1) is 0 Å². The van der Waals surface area contributed by atoms with Crippen molar-refractivity contribution in [2.45, 2.75) is 5.16 Å². The first kappa shape index (κ1) is 13.9. The summed E-state index contributed by atoms with van der Waals surface area (Å²) in [6, 6.07) is 7.39. The minimum Gasteiger partial charge on any atom is -0.348 e. The van der Waals surface area contributed by atoms with Crippen molar-refractivity contribution in [3.05, 3.63) is 35.6 Å². The average molecular weight is 297 g/mol. The first-order chi connectivity index (χ1) is 9.08. The average Bonchev–Trinajstić information content (AvgIpc) is 2.84. The van der Waals surface area contributed by atoms with Crippen LogP contribution < -0.4 is 0 Å². The van der Waals surface area contributed by atoms with Gasteiger partial charge in [0.2, 0.25) is 5.91 Å². The number of amides is 1. The number of thioether (sulfide) groups is 1. The summed E-state index contributed by atoms with van der Waals surface area (Å²) in [6.45, 7) is 0. The van der Waals surface area contributed by atoms with E-state index in [1.165, 1.54) is 11.8 Å². The number of benzene rings is 1. The van der Waals surface area contributed by atoms with Gasteiger partial charge in [0.05, 0.1) is 11.4 Å². The molecule has 0 bridgehead atoms. The first-order valence-electron chi connectivity index (χ1n) is 5.57. The SMILES string of the molecule is CN(C)C(=O)CSc1nncn1-c1cccc(Cl)c1. The van der Waals surface area contributed by atoms with E-state index in [9.17, 15) is 4.79 Å². The smallest absolute Gasteiger partial charge is 0.232 e. The fraction of sp³-hybridized carbons (Fsp3) is 0.250. The van der Waals surface area contributed by atoms with Crippen LogP contribution in [0.15, 0.2) is 35.7 Å². The van der Waals surface area contributed by atoms with Crippen molar-refractivity contribution < 1.29 is 4.79 Å². The lowest BCUT2D eigenvalue weighted by Crippen LogP contribution is -2.23. The molecule has 0 fully saturated rings. The maximum atomic E-state index is 11.6. The zero-order chi connectivity index (χ0) is 13.8. The lowest BCUT2D eigenvalue weighted by molar-refractivity contribution is -0.125. The number of carbonyl (C=O) groups excluding carboxylic acids is 1. The number of halogens is 1. The van der Waals surface area contributed by atoms with Gasteiger partial charge in [-0.15, -0.1) is 10.2 Å². The fourth-order valence-corrected chi connectivity index (χ4v) is 2.47. The largest absolute Gasteiger partial charge is 0.348 e. The highest BCUT2D eigenvalue weighted by Gasteiger charge is 2.11. The van der Waals surface area contributed by atoms with Crippen LogP contribution in [0.3, 0.4) is 0 Å². The van der Waals surface area contributed by atoms with Crippen LogP contribution in [0.1, 0.15) is 0 Å². The van der Waals surface area contributed by atoms with E-state index >= 15 is 0 Å². The van der Waals surface area contributed by atoms with Crippen molar-refractivity contribution in [1.82, 2.24) is 19.7 Å². The molecule has 1 aromatic heterocycles. The first-order valence-corrected chi connectivity index (χ1v) is 6.93. The van der Waals surface area contributed by atoms with Gasteiger partial charge in [0.25, 0.3) is 0 Å². The van der Waals surface area contributed by atoms with Crippen molar-refractivity contribution in [2.75, 3.05) is 19.8 Å². The molecule has 0 spiro atoms. The Labute approximate surface area is 120 Å². The highest BCUT2D eigenvalue weighted by Crippen LogP contribution is 2.21. The number of hydrogen-bond acceptors (Lipinski definition) is 4. The number of nitrogens with zero attached hydrogens (tertiary/aromatic N) is 4. The molecule has 0 radical (unpaired) electrons. The summed E-state index contributed by atoms with van der Waals surface area (Å²) < 4.78 is 1.81. The molecule has 5 nitrogen and oxygen atoms in total. The second-order valence-electron chi connectivity index (χ2n) is 4.04. The molecule has 1 amide bonds. The van der Waals surface area contributed by atoms with E-state index in [-0.39, 0.29) is 5.91 Å². The normalized spacial score (nSPS) is 10.5. The van der Waals surface area contributed by atoms with Gasteiger partial charge in [0, 0.05) is 19.1 Å². The summed E-state index contributed by atoms with van der Waals surface area (Å²) in [4.78, 5) is 13.1. The van der Waals surface area contributed by atoms with Crippen molar-refractivity contribution in [3.63, 3.8) is 0 Å². The van der Waals surface area contributed by atoms with E-state index in [2.05, 4.69) is 10.2 Å². The van der Waals surface area contributed by atoms with Gasteiger partial charge in [-0.3, -0.25) is 9.36 Å². The molecule has 1 heterocycles. The maximum Gasteiger partial charge on any atom is 0.232 e. The zero-order valence-electron chi connectivity index (χ0n) is 10.6. The molecule has 0 atom stereocenters. The van der Waals surface area contributed by atoms with Crippen LogP contribution in [-0.2, 0) is 4.79 Å². The quantitative estimate of drug-likeness (QED) is 0.811. The number of aromatic nitrogens is 3. The van der Waals surface area contributed by atoms with Crippen LogP contribution in [0.25, 0.3) is 5.69 Å². The van der Waals surface area contributed by atoms with Crippen LogP contribution in [0.4, 0.5) is 0 Å². The Morgan fingerprint density at radius 3 is 2.95 bits per heavy atom. The summed E-state index contributed by atoms with van der Waals surface area (Å²) in [5.74, 6) is 0.359. The number of rotatable bonds is 4. The number of carbonyl (C=O) groups is 1. The summed E-state index contributed by atoms with van der Waals surface area (Å²) in [6.07, 6.45) is 1.61. The van der Waals surface area contributed by atoms with E-state index < -0.39 is 0 Å². The third kappa shape index (κ3) is 3.48. The molecule has 0 aliphatic rings. The monoisotopic (exact) mass is 296 g/mol. The summed E-state index contributed by atoms with van der Waals surface area (Å²) in [5.41, 5.74) is 0.873. The number of hydrogen-bond donors (Lipinski definition) is 0. The van der Waals surface area contributed by atoms with E-state index in [4.69, 9.17) is 11.6 Å². The Kier molecular flexibility index (Phi) is 4.44. The molecule has 19 heavy (non-hydrogen) atoms. The third-order valence-corrected chi connectivity index (χ3v) is 3.59. The van der Waals surface area contributed by atoms with Crippen molar-refractivity contribution in [1.29, 1.82) is 0 Å². The Hall–Kier alpha value is -1.53. The Bertz CT molecular complexity index is 585. The second-order valence-corrected chi connectivity index (χ2v) is 5.42. The van der Waals surface area contributed by atoms with E-state index in [1.807, 2.05) is 18.2 Å². The van der Waals surface area contributed by atoms with Gasteiger partial charge in [-0.1, -0.05) is 29.4 Å². The predicted molar refractivity (Wildman–Crippen MR) is 75.8 cm³/mol. The molecule has 2 aromatic rings. The van der Waals surface area contributed by atoms with Gasteiger partial charge in [-0.2, -0.15) is 0 Å².